The molecule has 0 unspecified atom stereocenters. The number of phenolic OH excluding ortho intramolecular Hbond substituents is 1. The molecule has 0 saturated carbocycles. The molecule has 0 bridgehead atoms. The highest BCUT2D eigenvalue weighted by Crippen LogP contribution is 2.44. The third-order valence-electron chi connectivity index (χ3n) is 4.41. The maximum atomic E-state index is 11.1. The van der Waals surface area contributed by atoms with Crippen LogP contribution >= 0.6 is 0 Å². The maximum Gasteiger partial charge on any atom is 0.143 e. The van der Waals surface area contributed by atoms with Gasteiger partial charge in [-0.3, -0.25) is 0 Å². The Morgan fingerprint density at radius 3 is 1.65 bits per heavy atom. The highest BCUT2D eigenvalue weighted by molar-refractivity contribution is 5.74. The highest BCUT2D eigenvalue weighted by Gasteiger charge is 2.26. The molecule has 0 amide bonds. The lowest BCUT2D eigenvalue weighted by molar-refractivity contribution is 0.394. The predicted octanol–water partition coefficient (Wildman–Crippen LogP) is 5.75. The molecule has 0 aliphatic rings. The number of ether oxygens (including phenoxy) is 2. The number of phenols is 1. The van der Waals surface area contributed by atoms with Gasteiger partial charge in [-0.25, -0.2) is 0 Å². The third-order valence-corrected chi connectivity index (χ3v) is 4.41. The molecule has 0 radical (unpaired) electrons. The zero-order chi connectivity index (χ0) is 19.7. The summed E-state index contributed by atoms with van der Waals surface area (Å²) in [5.41, 5.74) is 3.18. The number of aromatic hydroxyl groups is 1. The standard InChI is InChI=1S/C22H31NO3/c1-21(2,3)17-9-10-18(22(4,5)6)20(24)19(17)23-14-11-15(25-7)13-16(12-14)26-8/h9-13,23-24H,1-8H3. The van der Waals surface area contributed by atoms with Crippen LogP contribution in [0, 0.1) is 0 Å². The molecule has 0 aromatic heterocycles. The minimum Gasteiger partial charge on any atom is -0.505 e. The van der Waals surface area contributed by atoms with E-state index in [0.29, 0.717) is 11.5 Å². The van der Waals surface area contributed by atoms with E-state index in [9.17, 15) is 5.11 Å². The van der Waals surface area contributed by atoms with Gasteiger partial charge in [0.2, 0.25) is 0 Å². The molecule has 0 saturated heterocycles. The van der Waals surface area contributed by atoms with E-state index in [1.807, 2.05) is 24.3 Å². The Labute approximate surface area is 157 Å². The van der Waals surface area contributed by atoms with Crippen LogP contribution < -0.4 is 14.8 Å². The van der Waals surface area contributed by atoms with Crippen molar-refractivity contribution >= 4 is 11.4 Å². The lowest BCUT2D eigenvalue weighted by Crippen LogP contribution is -2.17. The van der Waals surface area contributed by atoms with Gasteiger partial charge in [-0.1, -0.05) is 53.7 Å². The summed E-state index contributed by atoms with van der Waals surface area (Å²) in [5.74, 6) is 1.66. The van der Waals surface area contributed by atoms with Crippen molar-refractivity contribution in [1.82, 2.24) is 0 Å². The van der Waals surface area contributed by atoms with Crippen LogP contribution in [0.1, 0.15) is 52.7 Å². The molecule has 0 atom stereocenters. The third kappa shape index (κ3) is 4.24. The van der Waals surface area contributed by atoms with Gasteiger partial charge < -0.3 is 19.9 Å². The minimum atomic E-state index is -0.164. The number of benzene rings is 2. The summed E-state index contributed by atoms with van der Waals surface area (Å²) in [7, 11) is 3.24. The molecule has 4 heteroatoms. The van der Waals surface area contributed by atoms with Crippen LogP contribution in [0.25, 0.3) is 0 Å². The first-order valence-electron chi connectivity index (χ1n) is 8.84. The van der Waals surface area contributed by atoms with Gasteiger partial charge in [0.15, 0.2) is 0 Å². The molecule has 2 aromatic rings. The minimum absolute atomic E-state index is 0.126. The van der Waals surface area contributed by atoms with E-state index in [4.69, 9.17) is 9.47 Å². The smallest absolute Gasteiger partial charge is 0.143 e. The topological polar surface area (TPSA) is 50.7 Å². The average Bonchev–Trinajstić information content (AvgIpc) is 2.53. The zero-order valence-electron chi connectivity index (χ0n) is 17.2. The van der Waals surface area contributed by atoms with Gasteiger partial charge in [0.25, 0.3) is 0 Å². The van der Waals surface area contributed by atoms with Crippen LogP contribution in [0.5, 0.6) is 17.2 Å². The number of rotatable bonds is 4. The molecule has 4 nitrogen and oxygen atoms in total. The lowest BCUT2D eigenvalue weighted by atomic mass is 9.80. The number of anilines is 2. The Kier molecular flexibility index (Phi) is 5.45. The maximum absolute atomic E-state index is 11.1. The van der Waals surface area contributed by atoms with E-state index in [-0.39, 0.29) is 16.6 Å². The fourth-order valence-electron chi connectivity index (χ4n) is 2.97. The van der Waals surface area contributed by atoms with Crippen LogP contribution in [0.3, 0.4) is 0 Å². The molecule has 0 aliphatic heterocycles. The monoisotopic (exact) mass is 357 g/mol. The first-order chi connectivity index (χ1) is 12.0. The van der Waals surface area contributed by atoms with Gasteiger partial charge in [0.1, 0.15) is 17.2 Å². The number of nitrogens with one attached hydrogen (secondary N) is 1. The number of hydrogen-bond donors (Lipinski definition) is 2. The molecule has 2 N–H and O–H groups in total. The normalized spacial score (nSPS) is 12.0. The first-order valence-corrected chi connectivity index (χ1v) is 8.84. The van der Waals surface area contributed by atoms with E-state index in [1.54, 1.807) is 14.2 Å². The Morgan fingerprint density at radius 1 is 0.769 bits per heavy atom. The van der Waals surface area contributed by atoms with E-state index >= 15 is 0 Å². The fraction of sp³-hybridized carbons (Fsp3) is 0.455. The summed E-state index contributed by atoms with van der Waals surface area (Å²) >= 11 is 0. The second-order valence-electron chi connectivity index (χ2n) is 8.61. The van der Waals surface area contributed by atoms with E-state index in [2.05, 4.69) is 52.9 Å². The van der Waals surface area contributed by atoms with Crippen molar-refractivity contribution in [1.29, 1.82) is 0 Å². The van der Waals surface area contributed by atoms with Crippen molar-refractivity contribution in [3.63, 3.8) is 0 Å². The van der Waals surface area contributed by atoms with Crippen molar-refractivity contribution < 1.29 is 14.6 Å². The molecule has 0 aliphatic carbocycles. The van der Waals surface area contributed by atoms with Gasteiger partial charge in [-0.15, -0.1) is 0 Å². The van der Waals surface area contributed by atoms with Crippen LogP contribution in [-0.4, -0.2) is 19.3 Å². The van der Waals surface area contributed by atoms with Gasteiger partial charge >= 0.3 is 0 Å². The first kappa shape index (κ1) is 20.0. The molecule has 0 spiro atoms. The quantitative estimate of drug-likeness (QED) is 0.684. The van der Waals surface area contributed by atoms with Crippen LogP contribution in [0.4, 0.5) is 11.4 Å². The summed E-state index contributed by atoms with van der Waals surface area (Å²) < 4.78 is 10.7. The highest BCUT2D eigenvalue weighted by atomic mass is 16.5. The van der Waals surface area contributed by atoms with Crippen LogP contribution in [0.15, 0.2) is 30.3 Å². The zero-order valence-corrected chi connectivity index (χ0v) is 17.2. The van der Waals surface area contributed by atoms with Crippen molar-refractivity contribution in [3.8, 4) is 17.2 Å². The molecule has 142 valence electrons. The Hall–Kier alpha value is -2.36. The average molecular weight is 357 g/mol. The molecule has 0 fully saturated rings. The van der Waals surface area contributed by atoms with Gasteiger partial charge in [0.05, 0.1) is 19.9 Å². The van der Waals surface area contributed by atoms with E-state index < -0.39 is 0 Å². The summed E-state index contributed by atoms with van der Waals surface area (Å²) in [5, 5.41) is 14.5. The molecule has 2 aromatic carbocycles. The van der Waals surface area contributed by atoms with Crippen molar-refractivity contribution in [3.05, 3.63) is 41.5 Å². The lowest BCUT2D eigenvalue weighted by Gasteiger charge is -2.29. The SMILES string of the molecule is COc1cc(Nc2c(C(C)(C)C)ccc(C(C)(C)C)c2O)cc(OC)c1. The Bertz CT molecular complexity index is 761. The number of hydrogen-bond acceptors (Lipinski definition) is 4. The van der Waals surface area contributed by atoms with Crippen molar-refractivity contribution in [2.24, 2.45) is 0 Å². The van der Waals surface area contributed by atoms with E-state index in [1.165, 1.54) is 0 Å². The summed E-state index contributed by atoms with van der Waals surface area (Å²) in [6.07, 6.45) is 0. The molecular formula is C22H31NO3. The van der Waals surface area contributed by atoms with Crippen molar-refractivity contribution in [2.45, 2.75) is 52.4 Å². The predicted molar refractivity (Wildman–Crippen MR) is 108 cm³/mol. The van der Waals surface area contributed by atoms with Gasteiger partial charge in [-0.2, -0.15) is 0 Å². The van der Waals surface area contributed by atoms with Gasteiger partial charge in [0, 0.05) is 29.4 Å². The molecule has 26 heavy (non-hydrogen) atoms. The summed E-state index contributed by atoms with van der Waals surface area (Å²) in [6.45, 7) is 12.7. The van der Waals surface area contributed by atoms with E-state index in [0.717, 1.165) is 22.5 Å². The van der Waals surface area contributed by atoms with Crippen LogP contribution in [-0.2, 0) is 10.8 Å². The summed E-state index contributed by atoms with van der Waals surface area (Å²) in [4.78, 5) is 0. The van der Waals surface area contributed by atoms with Gasteiger partial charge in [-0.05, 0) is 16.4 Å². The van der Waals surface area contributed by atoms with Crippen LogP contribution in [0.2, 0.25) is 0 Å². The molecular weight excluding hydrogens is 326 g/mol. The number of methoxy groups -OCH3 is 2. The molecule has 2 rings (SSSR count). The second kappa shape index (κ2) is 7.10. The Balaban J connectivity index is 2.64. The van der Waals surface area contributed by atoms with Crippen molar-refractivity contribution in [2.75, 3.05) is 19.5 Å². The second-order valence-corrected chi connectivity index (χ2v) is 8.61. The summed E-state index contributed by atoms with van der Waals surface area (Å²) in [6, 6.07) is 9.71. The fourth-order valence-corrected chi connectivity index (χ4v) is 2.97. The Morgan fingerprint density at radius 2 is 1.23 bits per heavy atom. The largest absolute Gasteiger partial charge is 0.505 e. The molecule has 0 heterocycles.